The Bertz CT molecular complexity index is 340. The molecule has 0 aliphatic heterocycles. The molecule has 0 atom stereocenters. The van der Waals surface area contributed by atoms with Crippen molar-refractivity contribution in [2.45, 2.75) is 4.90 Å². The molecule has 1 aromatic rings. The van der Waals surface area contributed by atoms with Crippen molar-refractivity contribution < 1.29 is 14.3 Å². The molecule has 0 spiro atoms. The van der Waals surface area contributed by atoms with Gasteiger partial charge in [-0.1, -0.05) is 11.6 Å². The highest BCUT2D eigenvalue weighted by Crippen LogP contribution is 2.23. The number of benzene rings is 1. The summed E-state index contributed by atoms with van der Waals surface area (Å²) < 4.78 is 12.8. The van der Waals surface area contributed by atoms with Crippen LogP contribution in [0.5, 0.6) is 0 Å². The second-order valence-electron chi connectivity index (χ2n) is 2.09. The maximum atomic E-state index is 12.8. The first-order chi connectivity index (χ1) is 5.52. The topological polar surface area (TPSA) is 37.3 Å². The summed E-state index contributed by atoms with van der Waals surface area (Å²) in [6.07, 6.45) is 0. The zero-order valence-corrected chi connectivity index (χ0v) is 7.36. The van der Waals surface area contributed by atoms with Crippen LogP contribution in [-0.4, -0.2) is 11.1 Å². The molecule has 0 aliphatic carbocycles. The van der Waals surface area contributed by atoms with E-state index in [0.29, 0.717) is 0 Å². The third-order valence-corrected chi connectivity index (χ3v) is 1.89. The Balaban J connectivity index is 3.37. The summed E-state index contributed by atoms with van der Waals surface area (Å²) in [5.41, 5.74) is -0.276. The molecule has 12 heavy (non-hydrogen) atoms. The van der Waals surface area contributed by atoms with Gasteiger partial charge in [-0.3, -0.25) is 0 Å². The molecule has 0 amide bonds. The van der Waals surface area contributed by atoms with Crippen molar-refractivity contribution in [3.05, 3.63) is 28.5 Å². The maximum absolute atomic E-state index is 12.8. The summed E-state index contributed by atoms with van der Waals surface area (Å²) in [7, 11) is 0. The minimum atomic E-state index is -1.27. The van der Waals surface area contributed by atoms with Crippen LogP contribution in [0.3, 0.4) is 0 Å². The van der Waals surface area contributed by atoms with Crippen molar-refractivity contribution in [1.82, 2.24) is 0 Å². The minimum absolute atomic E-state index is 0.231. The van der Waals surface area contributed by atoms with E-state index in [0.717, 1.165) is 6.07 Å². The van der Waals surface area contributed by atoms with E-state index in [1.165, 1.54) is 6.07 Å². The van der Waals surface area contributed by atoms with Gasteiger partial charge in [0.05, 0.1) is 10.6 Å². The third-order valence-electron chi connectivity index (χ3n) is 1.24. The van der Waals surface area contributed by atoms with Crippen LogP contribution < -0.4 is 0 Å². The standard InChI is InChI=1S/C7H4ClFO2S/c8-6-4(7(10)11)1-3(12)2-5(6)9/h1-2,12H,(H,10,11). The molecule has 0 heterocycles. The number of thiol groups is 1. The van der Waals surface area contributed by atoms with Gasteiger partial charge >= 0.3 is 5.97 Å². The Morgan fingerprint density at radius 3 is 2.67 bits per heavy atom. The smallest absolute Gasteiger partial charge is 0.337 e. The summed E-state index contributed by atoms with van der Waals surface area (Å²) in [4.78, 5) is 10.7. The summed E-state index contributed by atoms with van der Waals surface area (Å²) in [5.74, 6) is -2.05. The van der Waals surface area contributed by atoms with Gasteiger partial charge in [-0.05, 0) is 12.1 Å². The summed E-state index contributed by atoms with van der Waals surface area (Å²) >= 11 is 9.17. The lowest BCUT2D eigenvalue weighted by Gasteiger charge is -2.00. The van der Waals surface area contributed by atoms with E-state index < -0.39 is 11.8 Å². The van der Waals surface area contributed by atoms with Gasteiger partial charge in [-0.2, -0.15) is 0 Å². The molecular weight excluding hydrogens is 203 g/mol. The van der Waals surface area contributed by atoms with Crippen LogP contribution in [0.15, 0.2) is 17.0 Å². The quantitative estimate of drug-likeness (QED) is 0.693. The lowest BCUT2D eigenvalue weighted by molar-refractivity contribution is 0.0696. The van der Waals surface area contributed by atoms with Crippen molar-refractivity contribution in [2.75, 3.05) is 0 Å². The fourth-order valence-electron chi connectivity index (χ4n) is 0.730. The Kier molecular flexibility index (Phi) is 2.59. The Hall–Kier alpha value is -0.740. The first kappa shape index (κ1) is 9.35. The first-order valence-corrected chi connectivity index (χ1v) is 3.76. The second-order valence-corrected chi connectivity index (χ2v) is 2.99. The predicted octanol–water partition coefficient (Wildman–Crippen LogP) is 2.47. The highest BCUT2D eigenvalue weighted by molar-refractivity contribution is 7.80. The lowest BCUT2D eigenvalue weighted by atomic mass is 10.2. The highest BCUT2D eigenvalue weighted by Gasteiger charge is 2.13. The normalized spacial score (nSPS) is 9.92. The zero-order valence-electron chi connectivity index (χ0n) is 5.71. The van der Waals surface area contributed by atoms with Crippen LogP contribution in [0.4, 0.5) is 4.39 Å². The van der Waals surface area contributed by atoms with E-state index in [-0.39, 0.29) is 15.5 Å². The number of hydrogen-bond donors (Lipinski definition) is 2. The van der Waals surface area contributed by atoms with Gasteiger partial charge in [0.1, 0.15) is 5.82 Å². The zero-order chi connectivity index (χ0) is 9.30. The number of halogens is 2. The van der Waals surface area contributed by atoms with E-state index in [2.05, 4.69) is 12.6 Å². The van der Waals surface area contributed by atoms with E-state index in [4.69, 9.17) is 16.7 Å². The number of hydrogen-bond acceptors (Lipinski definition) is 2. The molecule has 1 aromatic carbocycles. The van der Waals surface area contributed by atoms with Crippen LogP contribution in [0.2, 0.25) is 5.02 Å². The van der Waals surface area contributed by atoms with Gasteiger partial charge in [0.15, 0.2) is 0 Å². The molecule has 64 valence electrons. The van der Waals surface area contributed by atoms with Crippen LogP contribution in [-0.2, 0) is 0 Å². The monoisotopic (exact) mass is 206 g/mol. The fourth-order valence-corrected chi connectivity index (χ4v) is 1.16. The highest BCUT2D eigenvalue weighted by atomic mass is 35.5. The second kappa shape index (κ2) is 3.33. The number of carboxylic acids is 1. The SMILES string of the molecule is O=C(O)c1cc(S)cc(F)c1Cl. The van der Waals surface area contributed by atoms with Gasteiger partial charge in [0.2, 0.25) is 0 Å². The molecule has 0 saturated carbocycles. The maximum Gasteiger partial charge on any atom is 0.337 e. The lowest BCUT2D eigenvalue weighted by Crippen LogP contribution is -1.99. The van der Waals surface area contributed by atoms with Crippen LogP contribution in [0.1, 0.15) is 10.4 Å². The molecule has 0 radical (unpaired) electrons. The minimum Gasteiger partial charge on any atom is -0.478 e. The fraction of sp³-hybridized carbons (Fsp3) is 0. The van der Waals surface area contributed by atoms with Crippen LogP contribution in [0.25, 0.3) is 0 Å². The number of carboxylic acid groups (broad SMARTS) is 1. The largest absolute Gasteiger partial charge is 0.478 e. The average Bonchev–Trinajstić information content (AvgIpc) is 1.96. The van der Waals surface area contributed by atoms with E-state index in [1.54, 1.807) is 0 Å². The van der Waals surface area contributed by atoms with Gasteiger partial charge in [-0.25, -0.2) is 9.18 Å². The summed E-state index contributed by atoms with van der Waals surface area (Å²) in [6, 6.07) is 2.24. The Morgan fingerprint density at radius 2 is 2.17 bits per heavy atom. The van der Waals surface area contributed by atoms with Crippen molar-refractivity contribution in [1.29, 1.82) is 0 Å². The molecule has 0 bridgehead atoms. The molecule has 1 N–H and O–H groups in total. The van der Waals surface area contributed by atoms with Gasteiger partial charge < -0.3 is 5.11 Å². The van der Waals surface area contributed by atoms with Crippen molar-refractivity contribution in [3.63, 3.8) is 0 Å². The Morgan fingerprint density at radius 1 is 1.58 bits per heavy atom. The van der Waals surface area contributed by atoms with Crippen molar-refractivity contribution >= 4 is 30.2 Å². The van der Waals surface area contributed by atoms with Crippen LogP contribution in [0, 0.1) is 5.82 Å². The third kappa shape index (κ3) is 1.70. The molecular formula is C7H4ClFO2S. The number of carbonyl (C=O) groups is 1. The number of rotatable bonds is 1. The van der Waals surface area contributed by atoms with E-state index in [9.17, 15) is 9.18 Å². The predicted molar refractivity (Wildman–Crippen MR) is 45.6 cm³/mol. The van der Waals surface area contributed by atoms with Gasteiger partial charge in [0, 0.05) is 4.90 Å². The molecule has 5 heteroatoms. The molecule has 0 aliphatic rings. The summed E-state index contributed by atoms with van der Waals surface area (Å²) in [5, 5.41) is 8.14. The number of aromatic carboxylic acids is 1. The molecule has 1 rings (SSSR count). The van der Waals surface area contributed by atoms with Crippen molar-refractivity contribution in [2.24, 2.45) is 0 Å². The molecule has 2 nitrogen and oxygen atoms in total. The van der Waals surface area contributed by atoms with Crippen LogP contribution >= 0.6 is 24.2 Å². The average molecular weight is 207 g/mol. The molecule has 0 saturated heterocycles. The first-order valence-electron chi connectivity index (χ1n) is 2.93. The van der Waals surface area contributed by atoms with Gasteiger partial charge in [0.25, 0.3) is 0 Å². The van der Waals surface area contributed by atoms with Gasteiger partial charge in [-0.15, -0.1) is 12.6 Å². The molecule has 0 fully saturated rings. The summed E-state index contributed by atoms with van der Waals surface area (Å²) in [6.45, 7) is 0. The van der Waals surface area contributed by atoms with Crippen molar-refractivity contribution in [3.8, 4) is 0 Å². The molecule has 0 aromatic heterocycles. The van der Waals surface area contributed by atoms with E-state index in [1.807, 2.05) is 0 Å². The van der Waals surface area contributed by atoms with E-state index >= 15 is 0 Å². The molecule has 0 unspecified atom stereocenters. The Labute approximate surface area is 78.4 Å².